The van der Waals surface area contributed by atoms with Gasteiger partial charge in [-0.25, -0.2) is 0 Å². The number of amides is 1. The quantitative estimate of drug-likeness (QED) is 0.448. The Morgan fingerprint density at radius 1 is 1.21 bits per heavy atom. The maximum Gasteiger partial charge on any atom is 0.256 e. The number of ether oxygens (including phenoxy) is 1. The maximum atomic E-state index is 12.5. The van der Waals surface area contributed by atoms with E-state index in [1.807, 2.05) is 24.3 Å². The van der Waals surface area contributed by atoms with Crippen molar-refractivity contribution in [3.63, 3.8) is 0 Å². The highest BCUT2D eigenvalue weighted by Crippen LogP contribution is 2.30. The molecule has 0 fully saturated rings. The molecule has 0 radical (unpaired) electrons. The molecule has 4 N–H and O–H groups in total. The van der Waals surface area contributed by atoms with Gasteiger partial charge in [-0.15, -0.1) is 0 Å². The second kappa shape index (κ2) is 9.11. The van der Waals surface area contributed by atoms with Crippen molar-refractivity contribution in [3.05, 3.63) is 81.8 Å². The minimum Gasteiger partial charge on any atom is -0.507 e. The van der Waals surface area contributed by atoms with Crippen LogP contribution in [0, 0.1) is 5.41 Å². The molecule has 8 heteroatoms. The summed E-state index contributed by atoms with van der Waals surface area (Å²) in [7, 11) is 1.61. The van der Waals surface area contributed by atoms with E-state index in [9.17, 15) is 14.7 Å². The van der Waals surface area contributed by atoms with Crippen LogP contribution in [0.5, 0.6) is 11.5 Å². The van der Waals surface area contributed by atoms with Gasteiger partial charge in [0.25, 0.3) is 11.5 Å². The van der Waals surface area contributed by atoms with E-state index < -0.39 is 11.5 Å². The molecule has 3 rings (SSSR count). The lowest BCUT2D eigenvalue weighted by atomic mass is 10.1. The SMILES string of the molecule is COc1ccc(Sc2ccc(C(=O)NCc3c(O)cc[nH]c3=O)c(C=N)c2)cc1. The molecule has 0 aliphatic heterocycles. The number of aromatic hydroxyl groups is 1. The van der Waals surface area contributed by atoms with E-state index in [1.54, 1.807) is 25.3 Å². The van der Waals surface area contributed by atoms with E-state index in [0.29, 0.717) is 11.1 Å². The first kappa shape index (κ1) is 20.2. The van der Waals surface area contributed by atoms with Crippen LogP contribution in [0.25, 0.3) is 0 Å². The molecule has 0 bridgehead atoms. The molecule has 0 unspecified atom stereocenters. The van der Waals surface area contributed by atoms with Crippen LogP contribution in [-0.4, -0.2) is 29.3 Å². The summed E-state index contributed by atoms with van der Waals surface area (Å²) in [5.41, 5.74) is 0.367. The van der Waals surface area contributed by atoms with E-state index in [2.05, 4.69) is 10.3 Å². The van der Waals surface area contributed by atoms with Gasteiger partial charge in [0.05, 0.1) is 19.2 Å². The zero-order valence-electron chi connectivity index (χ0n) is 15.6. The highest BCUT2D eigenvalue weighted by Gasteiger charge is 2.13. The normalized spacial score (nSPS) is 10.4. The van der Waals surface area contributed by atoms with Crippen LogP contribution in [0.4, 0.5) is 0 Å². The molecule has 1 aromatic heterocycles. The molecule has 3 aromatic rings. The third-order valence-electron chi connectivity index (χ3n) is 4.18. The lowest BCUT2D eigenvalue weighted by Gasteiger charge is -2.10. The minimum atomic E-state index is -0.469. The summed E-state index contributed by atoms with van der Waals surface area (Å²) in [6.45, 7) is -0.124. The van der Waals surface area contributed by atoms with Gasteiger partial charge < -0.3 is 25.6 Å². The lowest BCUT2D eigenvalue weighted by Crippen LogP contribution is -2.27. The Labute approximate surface area is 171 Å². The summed E-state index contributed by atoms with van der Waals surface area (Å²) in [6, 6.07) is 14.1. The van der Waals surface area contributed by atoms with Crippen molar-refractivity contribution in [1.82, 2.24) is 10.3 Å². The fourth-order valence-electron chi connectivity index (χ4n) is 2.65. The van der Waals surface area contributed by atoms with Crippen LogP contribution in [-0.2, 0) is 6.54 Å². The summed E-state index contributed by atoms with van der Waals surface area (Å²) in [5, 5.41) is 20.0. The van der Waals surface area contributed by atoms with Gasteiger partial charge in [-0.3, -0.25) is 9.59 Å². The highest BCUT2D eigenvalue weighted by atomic mass is 32.2. The molecule has 0 saturated carbocycles. The third-order valence-corrected chi connectivity index (χ3v) is 5.18. The average molecular weight is 409 g/mol. The van der Waals surface area contributed by atoms with Gasteiger partial charge in [-0.05, 0) is 48.5 Å². The first-order valence-electron chi connectivity index (χ1n) is 8.66. The van der Waals surface area contributed by atoms with Gasteiger partial charge in [-0.1, -0.05) is 11.8 Å². The van der Waals surface area contributed by atoms with Gasteiger partial charge in [0, 0.05) is 33.3 Å². The molecule has 0 aliphatic rings. The van der Waals surface area contributed by atoms with Crippen molar-refractivity contribution in [3.8, 4) is 11.5 Å². The largest absolute Gasteiger partial charge is 0.507 e. The second-order valence-electron chi connectivity index (χ2n) is 6.02. The van der Waals surface area contributed by atoms with Crippen molar-refractivity contribution in [1.29, 1.82) is 5.41 Å². The van der Waals surface area contributed by atoms with Crippen LogP contribution >= 0.6 is 11.8 Å². The maximum absolute atomic E-state index is 12.5. The summed E-state index contributed by atoms with van der Waals surface area (Å²) in [4.78, 5) is 28.6. The third kappa shape index (κ3) is 4.85. The van der Waals surface area contributed by atoms with Gasteiger partial charge in [0.1, 0.15) is 11.5 Å². The number of H-pyrrole nitrogens is 1. The first-order valence-corrected chi connectivity index (χ1v) is 9.47. The summed E-state index contributed by atoms with van der Waals surface area (Å²) in [6.07, 6.45) is 2.44. The predicted octanol–water partition coefficient (Wildman–Crippen LogP) is 3.17. The summed E-state index contributed by atoms with van der Waals surface area (Å²) < 4.78 is 5.15. The average Bonchev–Trinajstić information content (AvgIpc) is 2.73. The van der Waals surface area contributed by atoms with Crippen LogP contribution in [0.1, 0.15) is 21.5 Å². The second-order valence-corrected chi connectivity index (χ2v) is 7.17. The zero-order chi connectivity index (χ0) is 20.8. The van der Waals surface area contributed by atoms with E-state index in [1.165, 1.54) is 24.0 Å². The predicted molar refractivity (Wildman–Crippen MR) is 111 cm³/mol. The zero-order valence-corrected chi connectivity index (χ0v) is 16.4. The van der Waals surface area contributed by atoms with Crippen LogP contribution in [0.3, 0.4) is 0 Å². The van der Waals surface area contributed by atoms with Crippen molar-refractivity contribution in [2.45, 2.75) is 16.3 Å². The Hall–Kier alpha value is -3.52. The molecule has 29 heavy (non-hydrogen) atoms. The number of carbonyl (C=O) groups is 1. The van der Waals surface area contributed by atoms with Crippen molar-refractivity contribution in [2.75, 3.05) is 7.11 Å². The number of methoxy groups -OCH3 is 1. The molecule has 148 valence electrons. The van der Waals surface area contributed by atoms with E-state index >= 15 is 0 Å². The molecule has 2 aromatic carbocycles. The smallest absolute Gasteiger partial charge is 0.256 e. The number of nitrogens with one attached hydrogen (secondary N) is 3. The monoisotopic (exact) mass is 409 g/mol. The minimum absolute atomic E-state index is 0.0731. The van der Waals surface area contributed by atoms with Gasteiger partial charge >= 0.3 is 0 Å². The number of aromatic amines is 1. The topological polar surface area (TPSA) is 115 Å². The molecule has 0 atom stereocenters. The number of carbonyl (C=O) groups excluding carboxylic acids is 1. The van der Waals surface area contributed by atoms with Gasteiger partial charge in [-0.2, -0.15) is 0 Å². The Morgan fingerprint density at radius 2 is 1.93 bits per heavy atom. The number of rotatable bonds is 7. The lowest BCUT2D eigenvalue weighted by molar-refractivity contribution is 0.0950. The molecule has 1 heterocycles. The van der Waals surface area contributed by atoms with E-state index in [4.69, 9.17) is 10.1 Å². The Morgan fingerprint density at radius 3 is 2.59 bits per heavy atom. The van der Waals surface area contributed by atoms with E-state index in [0.717, 1.165) is 21.8 Å². The van der Waals surface area contributed by atoms with Crippen molar-refractivity contribution in [2.24, 2.45) is 0 Å². The Bertz CT molecular complexity index is 1090. The van der Waals surface area contributed by atoms with Crippen LogP contribution < -0.4 is 15.6 Å². The molecular weight excluding hydrogens is 390 g/mol. The first-order chi connectivity index (χ1) is 14.0. The van der Waals surface area contributed by atoms with Crippen LogP contribution in [0.2, 0.25) is 0 Å². The number of hydrogen-bond donors (Lipinski definition) is 4. The Kier molecular flexibility index (Phi) is 6.36. The number of aromatic nitrogens is 1. The van der Waals surface area contributed by atoms with E-state index in [-0.39, 0.29) is 17.9 Å². The van der Waals surface area contributed by atoms with Gasteiger partial charge in [0.2, 0.25) is 0 Å². The molecule has 1 amide bonds. The summed E-state index contributed by atoms with van der Waals surface area (Å²) in [5.74, 6) is 0.143. The number of pyridine rings is 1. The fourth-order valence-corrected chi connectivity index (χ4v) is 3.51. The Balaban J connectivity index is 1.74. The highest BCUT2D eigenvalue weighted by molar-refractivity contribution is 7.99. The van der Waals surface area contributed by atoms with Gasteiger partial charge in [0.15, 0.2) is 0 Å². The molecule has 0 aliphatic carbocycles. The standard InChI is InChI=1S/C21H19N3O4S/c1-28-14-2-4-15(5-3-14)29-16-6-7-17(13(10-16)11-22)20(26)24-12-18-19(25)8-9-23-21(18)27/h2-11,22H,12H2,1H3,(H,24,26)(H2,23,25,27). The number of benzene rings is 2. The molecule has 0 saturated heterocycles. The fraction of sp³-hybridized carbons (Fsp3) is 0.0952. The number of hydrogen-bond acceptors (Lipinski definition) is 6. The molecule has 7 nitrogen and oxygen atoms in total. The van der Waals surface area contributed by atoms with Crippen molar-refractivity contribution >= 4 is 23.9 Å². The summed E-state index contributed by atoms with van der Waals surface area (Å²) >= 11 is 1.50. The van der Waals surface area contributed by atoms with Crippen molar-refractivity contribution < 1.29 is 14.6 Å². The molecular formula is C21H19N3O4S. The molecule has 0 spiro atoms. The van der Waals surface area contributed by atoms with Crippen LogP contribution in [0.15, 0.2) is 69.3 Å².